The van der Waals surface area contributed by atoms with Crippen molar-refractivity contribution in [2.24, 2.45) is 0 Å². The Morgan fingerprint density at radius 3 is 2.72 bits per heavy atom. The molecule has 4 N–H and O–H groups in total. The van der Waals surface area contributed by atoms with Gasteiger partial charge in [0.2, 0.25) is 5.95 Å². The van der Waals surface area contributed by atoms with Crippen LogP contribution in [0.4, 0.5) is 24.8 Å². The Bertz CT molecular complexity index is 1550. The predicted molar refractivity (Wildman–Crippen MR) is 145 cm³/mol. The highest BCUT2D eigenvalue weighted by Gasteiger charge is 2.33. The molecule has 2 heterocycles. The van der Waals surface area contributed by atoms with E-state index in [2.05, 4.69) is 20.6 Å². The highest BCUT2D eigenvalue weighted by molar-refractivity contribution is 6.05. The maximum Gasteiger partial charge on any atom is 0.416 e. The number of alkyl halides is 3. The fourth-order valence-corrected chi connectivity index (χ4v) is 4.73. The first-order valence-corrected chi connectivity index (χ1v) is 12.5. The van der Waals surface area contributed by atoms with Crippen LogP contribution in [-0.4, -0.2) is 34.6 Å². The van der Waals surface area contributed by atoms with Crippen LogP contribution in [0.3, 0.4) is 0 Å². The van der Waals surface area contributed by atoms with Crippen LogP contribution in [0.2, 0.25) is 0 Å². The number of nitrogens with two attached hydrogens (primary N) is 1. The number of carbonyl (C=O) groups is 1. The monoisotopic (exact) mass is 535 g/mol. The van der Waals surface area contributed by atoms with Gasteiger partial charge in [0.15, 0.2) is 0 Å². The Morgan fingerprint density at radius 2 is 1.97 bits per heavy atom. The van der Waals surface area contributed by atoms with Gasteiger partial charge in [-0.25, -0.2) is 9.97 Å². The van der Waals surface area contributed by atoms with E-state index < -0.39 is 17.6 Å². The zero-order chi connectivity index (χ0) is 27.8. The van der Waals surface area contributed by atoms with Gasteiger partial charge in [0.05, 0.1) is 11.1 Å². The first kappa shape index (κ1) is 26.4. The lowest BCUT2D eigenvalue weighted by atomic mass is 9.97. The van der Waals surface area contributed by atoms with Gasteiger partial charge in [-0.1, -0.05) is 12.1 Å². The molecular weight excluding hydrogens is 507 g/mol. The third kappa shape index (κ3) is 5.96. The summed E-state index contributed by atoms with van der Waals surface area (Å²) in [7, 11) is 0. The van der Waals surface area contributed by atoms with Crippen LogP contribution >= 0.6 is 0 Å². The van der Waals surface area contributed by atoms with Crippen LogP contribution in [0.25, 0.3) is 22.0 Å². The molecule has 10 heteroatoms. The maximum atomic E-state index is 13.6. The van der Waals surface area contributed by atoms with Crippen LogP contribution in [0, 0.1) is 6.92 Å². The molecule has 5 rings (SSSR count). The van der Waals surface area contributed by atoms with Crippen LogP contribution < -0.4 is 21.1 Å². The molecule has 7 nitrogen and oxygen atoms in total. The molecule has 39 heavy (non-hydrogen) atoms. The number of hydrogen-bond acceptors (Lipinski definition) is 6. The fraction of sp³-hybridized carbons (Fsp3) is 0.276. The third-order valence-electron chi connectivity index (χ3n) is 6.92. The Balaban J connectivity index is 1.41. The second kappa shape index (κ2) is 10.2. The molecule has 0 spiro atoms. The van der Waals surface area contributed by atoms with E-state index in [1.807, 2.05) is 32.0 Å². The number of ether oxygens (including phenoxy) is 1. The highest BCUT2D eigenvalue weighted by Crippen LogP contribution is 2.35. The highest BCUT2D eigenvalue weighted by atomic mass is 19.4. The molecule has 0 radical (unpaired) electrons. The first-order valence-electron chi connectivity index (χ1n) is 12.5. The van der Waals surface area contributed by atoms with E-state index in [4.69, 9.17) is 10.5 Å². The summed E-state index contributed by atoms with van der Waals surface area (Å²) >= 11 is 0. The number of nitrogens with zero attached hydrogens (tertiary/aromatic N) is 2. The summed E-state index contributed by atoms with van der Waals surface area (Å²) in [5.41, 5.74) is 8.01. The van der Waals surface area contributed by atoms with Gasteiger partial charge in [-0.2, -0.15) is 13.2 Å². The lowest BCUT2D eigenvalue weighted by Crippen LogP contribution is -2.42. The molecule has 1 atom stereocenters. The molecule has 1 fully saturated rings. The number of halogens is 3. The van der Waals surface area contributed by atoms with Crippen molar-refractivity contribution < 1.29 is 22.7 Å². The second-order valence-electron chi connectivity index (χ2n) is 10.1. The number of nitrogen functional groups attached to an aromatic ring is 1. The molecular formula is C29H28F3N5O2. The van der Waals surface area contributed by atoms with Gasteiger partial charge in [0.1, 0.15) is 12.4 Å². The van der Waals surface area contributed by atoms with Crippen molar-refractivity contribution in [2.45, 2.75) is 38.4 Å². The van der Waals surface area contributed by atoms with E-state index >= 15 is 0 Å². The van der Waals surface area contributed by atoms with E-state index in [-0.39, 0.29) is 29.5 Å². The number of fused-ring (bicyclic) bond motifs is 1. The number of hydrogen-bond donors (Lipinski definition) is 3. The molecule has 4 aromatic rings. The minimum Gasteiger partial charge on any atom is -0.492 e. The van der Waals surface area contributed by atoms with Crippen LogP contribution in [0.5, 0.6) is 5.75 Å². The van der Waals surface area contributed by atoms with Gasteiger partial charge in [-0.3, -0.25) is 4.79 Å². The van der Waals surface area contributed by atoms with Gasteiger partial charge in [-0.15, -0.1) is 0 Å². The number of anilines is 2. The van der Waals surface area contributed by atoms with Crippen LogP contribution in [-0.2, 0) is 6.18 Å². The van der Waals surface area contributed by atoms with E-state index in [1.165, 1.54) is 6.07 Å². The largest absolute Gasteiger partial charge is 0.492 e. The summed E-state index contributed by atoms with van der Waals surface area (Å²) in [5.74, 6) is -0.320. The number of aromatic nitrogens is 2. The molecule has 0 saturated carbocycles. The molecule has 0 bridgehead atoms. The van der Waals surface area contributed by atoms with Gasteiger partial charge >= 0.3 is 6.18 Å². The summed E-state index contributed by atoms with van der Waals surface area (Å²) < 4.78 is 46.7. The average Bonchev–Trinajstić information content (AvgIpc) is 3.33. The molecule has 0 aliphatic carbocycles. The summed E-state index contributed by atoms with van der Waals surface area (Å²) in [6, 6.07) is 14.0. The van der Waals surface area contributed by atoms with Crippen molar-refractivity contribution in [3.05, 3.63) is 77.5 Å². The molecule has 1 aliphatic heterocycles. The van der Waals surface area contributed by atoms with Crippen molar-refractivity contribution in [3.8, 4) is 16.9 Å². The Hall–Kier alpha value is -4.18. The molecule has 3 aromatic carbocycles. The van der Waals surface area contributed by atoms with E-state index in [1.54, 1.807) is 24.4 Å². The molecule has 1 saturated heterocycles. The summed E-state index contributed by atoms with van der Waals surface area (Å²) in [4.78, 5) is 21.4. The number of benzene rings is 3. The van der Waals surface area contributed by atoms with Crippen molar-refractivity contribution in [1.82, 2.24) is 15.3 Å². The van der Waals surface area contributed by atoms with Gasteiger partial charge in [-0.05, 0) is 86.3 Å². The SMILES string of the molecule is Cc1ccc(C(=O)Nc2cc(OC[C@]3(C)CCCN3)cc(C(F)(F)F)c2)cc1-c1ccc2nc(N)ncc2c1. The normalized spacial score (nSPS) is 17.4. The van der Waals surface area contributed by atoms with Crippen LogP contribution in [0.15, 0.2) is 60.8 Å². The van der Waals surface area contributed by atoms with Gasteiger partial charge in [0.25, 0.3) is 5.91 Å². The average molecular weight is 536 g/mol. The number of nitrogens with one attached hydrogen (secondary N) is 2. The number of carbonyl (C=O) groups excluding carboxylic acids is 1. The van der Waals surface area contributed by atoms with Gasteiger partial charge in [0, 0.05) is 34.4 Å². The smallest absolute Gasteiger partial charge is 0.416 e. The van der Waals surface area contributed by atoms with E-state index in [9.17, 15) is 18.0 Å². The van der Waals surface area contributed by atoms with Crippen molar-refractivity contribution >= 4 is 28.4 Å². The fourth-order valence-electron chi connectivity index (χ4n) is 4.73. The Kier molecular flexibility index (Phi) is 6.90. The summed E-state index contributed by atoms with van der Waals surface area (Å²) in [5, 5.41) is 6.72. The number of rotatable bonds is 6. The van der Waals surface area contributed by atoms with Gasteiger partial charge < -0.3 is 21.1 Å². The number of aryl methyl sites for hydroxylation is 1. The summed E-state index contributed by atoms with van der Waals surface area (Å²) in [6.07, 6.45) is -1.13. The van der Waals surface area contributed by atoms with E-state index in [0.717, 1.165) is 53.6 Å². The molecule has 1 aliphatic rings. The Morgan fingerprint density at radius 1 is 1.15 bits per heavy atom. The van der Waals surface area contributed by atoms with E-state index in [0.29, 0.717) is 11.1 Å². The minimum absolute atomic E-state index is 0.00285. The second-order valence-corrected chi connectivity index (χ2v) is 10.1. The zero-order valence-electron chi connectivity index (χ0n) is 21.5. The minimum atomic E-state index is -4.60. The maximum absolute atomic E-state index is 13.6. The lowest BCUT2D eigenvalue weighted by molar-refractivity contribution is -0.137. The molecule has 1 amide bonds. The molecule has 202 valence electrons. The number of amides is 1. The topological polar surface area (TPSA) is 102 Å². The van der Waals surface area contributed by atoms with Crippen molar-refractivity contribution in [2.75, 3.05) is 24.2 Å². The van der Waals surface area contributed by atoms with Crippen molar-refractivity contribution in [3.63, 3.8) is 0 Å². The molecule has 1 aromatic heterocycles. The quantitative estimate of drug-likeness (QED) is 0.281. The first-order chi connectivity index (χ1) is 18.5. The lowest BCUT2D eigenvalue weighted by Gasteiger charge is -2.25. The zero-order valence-corrected chi connectivity index (χ0v) is 21.5. The third-order valence-corrected chi connectivity index (χ3v) is 6.92. The predicted octanol–water partition coefficient (Wildman–Crippen LogP) is 5.98. The summed E-state index contributed by atoms with van der Waals surface area (Å²) in [6.45, 7) is 4.94. The Labute approximate surface area is 223 Å². The standard InChI is InChI=1S/C29H28F3N5O2/c1-17-4-5-19(11-24(17)18-6-7-25-20(10-18)15-34-27(33)37-25)26(38)36-22-12-21(29(30,31)32)13-23(14-22)39-16-28(2)8-3-9-35-28/h4-7,10-15,35H,3,8-9,16H2,1-2H3,(H,36,38)(H2,33,34,37)/t28-/m0/s1. The van der Waals surface area contributed by atoms with Crippen molar-refractivity contribution in [1.29, 1.82) is 0 Å². The molecule has 0 unspecified atom stereocenters. The van der Waals surface area contributed by atoms with Crippen LogP contribution in [0.1, 0.15) is 41.3 Å².